The number of hydrogen-bond acceptors (Lipinski definition) is 4. The van der Waals surface area contributed by atoms with E-state index in [-0.39, 0.29) is 12.1 Å². The van der Waals surface area contributed by atoms with E-state index in [0.717, 1.165) is 5.69 Å². The number of hydrogen-bond donors (Lipinski definition) is 1. The molecule has 6 nitrogen and oxygen atoms in total. The number of amides is 1. The Bertz CT molecular complexity index is 461. The molecule has 1 amide bonds. The van der Waals surface area contributed by atoms with Crippen LogP contribution in [0, 0.1) is 0 Å². The number of rotatable bonds is 0. The van der Waals surface area contributed by atoms with Gasteiger partial charge in [-0.2, -0.15) is 5.10 Å². The molecule has 1 aliphatic heterocycles. The van der Waals surface area contributed by atoms with Gasteiger partial charge in [-0.15, -0.1) is 0 Å². The summed E-state index contributed by atoms with van der Waals surface area (Å²) in [5, 5.41) is 4.19. The molecule has 0 spiro atoms. The van der Waals surface area contributed by atoms with Crippen LogP contribution in [0.25, 0.3) is 0 Å². The molecule has 0 aliphatic carbocycles. The lowest BCUT2D eigenvalue weighted by atomic mass is 10.2. The summed E-state index contributed by atoms with van der Waals surface area (Å²) in [5.74, 6) is 0. The Morgan fingerprint density at radius 3 is 2.83 bits per heavy atom. The first kappa shape index (κ1) is 12.7. The highest BCUT2D eigenvalue weighted by atomic mass is 16.6. The molecule has 1 aromatic rings. The Kier molecular flexibility index (Phi) is 2.96. The Balaban J connectivity index is 2.16. The number of fused-ring (bicyclic) bond motifs is 1. The van der Waals surface area contributed by atoms with E-state index in [4.69, 9.17) is 10.5 Å². The molecule has 6 heteroatoms. The first-order chi connectivity index (χ1) is 8.28. The van der Waals surface area contributed by atoms with Crippen LogP contribution in [-0.2, 0) is 17.8 Å². The molecule has 100 valence electrons. The molecule has 2 heterocycles. The van der Waals surface area contributed by atoms with Crippen molar-refractivity contribution < 1.29 is 9.53 Å². The fourth-order valence-electron chi connectivity index (χ4n) is 1.99. The predicted molar refractivity (Wildman–Crippen MR) is 67.9 cm³/mol. The van der Waals surface area contributed by atoms with Gasteiger partial charge in [0.05, 0.1) is 36.7 Å². The molecule has 18 heavy (non-hydrogen) atoms. The Hall–Kier alpha value is -1.72. The molecule has 0 fully saturated rings. The summed E-state index contributed by atoms with van der Waals surface area (Å²) in [5.41, 5.74) is 6.84. The zero-order valence-electron chi connectivity index (χ0n) is 11.3. The Morgan fingerprint density at radius 1 is 1.56 bits per heavy atom. The van der Waals surface area contributed by atoms with Crippen molar-refractivity contribution in [1.29, 1.82) is 0 Å². The third kappa shape index (κ3) is 2.42. The number of carbonyl (C=O) groups is 1. The Labute approximate surface area is 107 Å². The highest BCUT2D eigenvalue weighted by Crippen LogP contribution is 2.23. The molecule has 2 rings (SSSR count). The first-order valence-electron chi connectivity index (χ1n) is 6.07. The van der Waals surface area contributed by atoms with E-state index in [0.29, 0.717) is 18.8 Å². The number of ether oxygens (including phenoxy) is 1. The van der Waals surface area contributed by atoms with E-state index in [2.05, 4.69) is 5.10 Å². The highest BCUT2D eigenvalue weighted by Gasteiger charge is 2.31. The van der Waals surface area contributed by atoms with Gasteiger partial charge < -0.3 is 10.5 Å². The highest BCUT2D eigenvalue weighted by molar-refractivity contribution is 5.69. The minimum Gasteiger partial charge on any atom is -0.444 e. The van der Waals surface area contributed by atoms with Crippen LogP contribution in [0.3, 0.4) is 0 Å². The number of nitrogen functional groups attached to an aromatic ring is 1. The van der Waals surface area contributed by atoms with Crippen molar-refractivity contribution in [3.8, 4) is 0 Å². The number of nitrogens with zero attached hydrogens (tertiary/aromatic N) is 3. The van der Waals surface area contributed by atoms with Crippen molar-refractivity contribution in [2.45, 2.75) is 52.4 Å². The molecule has 1 atom stereocenters. The van der Waals surface area contributed by atoms with Gasteiger partial charge in [0.2, 0.25) is 0 Å². The van der Waals surface area contributed by atoms with E-state index in [1.54, 1.807) is 11.1 Å². The van der Waals surface area contributed by atoms with Gasteiger partial charge in [-0.3, -0.25) is 9.58 Å². The third-order valence-corrected chi connectivity index (χ3v) is 2.90. The minimum atomic E-state index is -0.486. The van der Waals surface area contributed by atoms with E-state index < -0.39 is 5.60 Å². The zero-order chi connectivity index (χ0) is 13.5. The average molecular weight is 252 g/mol. The molecular weight excluding hydrogens is 232 g/mol. The fourth-order valence-corrected chi connectivity index (χ4v) is 1.99. The van der Waals surface area contributed by atoms with Crippen LogP contribution in [0.15, 0.2) is 6.20 Å². The van der Waals surface area contributed by atoms with Crippen LogP contribution in [-0.4, -0.2) is 32.4 Å². The van der Waals surface area contributed by atoms with Gasteiger partial charge in [-0.1, -0.05) is 0 Å². The summed E-state index contributed by atoms with van der Waals surface area (Å²) in [6.07, 6.45) is 1.32. The van der Waals surface area contributed by atoms with Gasteiger partial charge in [-0.05, 0) is 27.7 Å². The van der Waals surface area contributed by atoms with Crippen LogP contribution in [0.4, 0.5) is 10.5 Å². The van der Waals surface area contributed by atoms with Gasteiger partial charge in [0, 0.05) is 0 Å². The SMILES string of the molecule is C[C@@H]1Cn2ncc(N)c2CN1C(=O)OC(C)(C)C. The van der Waals surface area contributed by atoms with Crippen LogP contribution >= 0.6 is 0 Å². The molecule has 0 saturated carbocycles. The van der Waals surface area contributed by atoms with Gasteiger partial charge in [0.1, 0.15) is 5.60 Å². The maximum Gasteiger partial charge on any atom is 0.410 e. The summed E-state index contributed by atoms with van der Waals surface area (Å²) in [6.45, 7) is 8.65. The van der Waals surface area contributed by atoms with E-state index >= 15 is 0 Å². The van der Waals surface area contributed by atoms with Gasteiger partial charge in [-0.25, -0.2) is 4.79 Å². The summed E-state index contributed by atoms with van der Waals surface area (Å²) < 4.78 is 7.24. The van der Waals surface area contributed by atoms with Crippen LogP contribution in [0.2, 0.25) is 0 Å². The first-order valence-corrected chi connectivity index (χ1v) is 6.07. The minimum absolute atomic E-state index is 0.0478. The van der Waals surface area contributed by atoms with Crippen molar-refractivity contribution in [3.05, 3.63) is 11.9 Å². The smallest absolute Gasteiger partial charge is 0.410 e. The quantitative estimate of drug-likeness (QED) is 0.761. The molecule has 2 N–H and O–H groups in total. The molecule has 1 aromatic heterocycles. The largest absolute Gasteiger partial charge is 0.444 e. The second kappa shape index (κ2) is 4.19. The number of nitrogens with two attached hydrogens (primary N) is 1. The van der Waals surface area contributed by atoms with Crippen molar-refractivity contribution in [2.75, 3.05) is 5.73 Å². The number of carbonyl (C=O) groups excluding carboxylic acids is 1. The lowest BCUT2D eigenvalue weighted by Crippen LogP contribution is -2.47. The Morgan fingerprint density at radius 2 is 2.22 bits per heavy atom. The van der Waals surface area contributed by atoms with Crippen LogP contribution in [0.1, 0.15) is 33.4 Å². The molecule has 0 saturated heterocycles. The molecule has 0 bridgehead atoms. The van der Waals surface area contributed by atoms with Crippen molar-refractivity contribution in [3.63, 3.8) is 0 Å². The summed E-state index contributed by atoms with van der Waals surface area (Å²) in [6, 6.07) is 0.0478. The van der Waals surface area contributed by atoms with Crippen LogP contribution < -0.4 is 5.73 Å². The van der Waals surface area contributed by atoms with Crippen LogP contribution in [0.5, 0.6) is 0 Å². The summed E-state index contributed by atoms with van der Waals surface area (Å²) in [7, 11) is 0. The molecule has 1 aliphatic rings. The summed E-state index contributed by atoms with van der Waals surface area (Å²) >= 11 is 0. The maximum atomic E-state index is 12.1. The normalized spacial score (nSPS) is 19.6. The second-order valence-corrected chi connectivity index (χ2v) is 5.69. The topological polar surface area (TPSA) is 73.4 Å². The monoisotopic (exact) mass is 252 g/mol. The van der Waals surface area contributed by atoms with Crippen molar-refractivity contribution >= 4 is 11.8 Å². The molecular formula is C12H20N4O2. The van der Waals surface area contributed by atoms with Gasteiger partial charge in [0.25, 0.3) is 0 Å². The molecule has 0 aromatic carbocycles. The summed E-state index contributed by atoms with van der Waals surface area (Å²) in [4.78, 5) is 13.8. The lowest BCUT2D eigenvalue weighted by molar-refractivity contribution is 0.00916. The standard InChI is InChI=1S/C12H20N4O2/c1-8-6-16-10(9(13)5-14-16)7-15(8)11(17)18-12(2,3)4/h5,8H,6-7,13H2,1-4H3/t8-/m1/s1. The van der Waals surface area contributed by atoms with E-state index in [1.807, 2.05) is 32.4 Å². The van der Waals surface area contributed by atoms with Crippen molar-refractivity contribution in [2.24, 2.45) is 0 Å². The predicted octanol–water partition coefficient (Wildman–Crippen LogP) is 1.60. The average Bonchev–Trinajstić information content (AvgIpc) is 2.56. The van der Waals surface area contributed by atoms with Crippen molar-refractivity contribution in [1.82, 2.24) is 14.7 Å². The van der Waals surface area contributed by atoms with Gasteiger partial charge in [0.15, 0.2) is 0 Å². The van der Waals surface area contributed by atoms with E-state index in [1.165, 1.54) is 0 Å². The molecule has 0 unspecified atom stereocenters. The number of anilines is 1. The maximum absolute atomic E-state index is 12.1. The zero-order valence-corrected chi connectivity index (χ0v) is 11.3. The third-order valence-electron chi connectivity index (χ3n) is 2.90. The lowest BCUT2D eigenvalue weighted by Gasteiger charge is -2.35. The second-order valence-electron chi connectivity index (χ2n) is 5.69. The fraction of sp³-hybridized carbons (Fsp3) is 0.667. The molecule has 0 radical (unpaired) electrons. The number of aromatic nitrogens is 2. The van der Waals surface area contributed by atoms with E-state index in [9.17, 15) is 4.79 Å². The van der Waals surface area contributed by atoms with Gasteiger partial charge >= 0.3 is 6.09 Å².